The van der Waals surface area contributed by atoms with Gasteiger partial charge in [0.25, 0.3) is 0 Å². The first-order valence-electron chi connectivity index (χ1n) is 15.1. The molecule has 0 unspecified atom stereocenters. The molecule has 1 saturated heterocycles. The second kappa shape index (κ2) is 27.0. The molecule has 0 atom stereocenters. The number of pyridine rings is 1. The molecule has 1 aromatic carbocycles. The third kappa shape index (κ3) is 17.9. The summed E-state index contributed by atoms with van der Waals surface area (Å²) in [6, 6.07) is 10.5. The van der Waals surface area contributed by atoms with Gasteiger partial charge in [0, 0.05) is 73.1 Å². The summed E-state index contributed by atoms with van der Waals surface area (Å²) in [7, 11) is 1.71. The van der Waals surface area contributed by atoms with Crippen LogP contribution in [0.5, 0.6) is 5.88 Å². The van der Waals surface area contributed by atoms with Gasteiger partial charge in [0.2, 0.25) is 5.88 Å². The predicted octanol–water partition coefficient (Wildman–Crippen LogP) is 9.29. The van der Waals surface area contributed by atoms with Crippen molar-refractivity contribution < 1.29 is 49.8 Å². The maximum absolute atomic E-state index is 13.8. The number of hydrogen-bond acceptors (Lipinski definition) is 5. The third-order valence-corrected chi connectivity index (χ3v) is 7.33. The van der Waals surface area contributed by atoms with Crippen molar-refractivity contribution in [2.45, 2.75) is 79.8 Å². The average Bonchev–Trinajstić information content (AvgIpc) is 3.03. The maximum atomic E-state index is 13.8. The maximum Gasteiger partial charge on any atom is 0.213 e. The van der Waals surface area contributed by atoms with Gasteiger partial charge in [0.05, 0.1) is 6.29 Å². The van der Waals surface area contributed by atoms with E-state index >= 15 is 0 Å². The Morgan fingerprint density at radius 1 is 1.13 bits per heavy atom. The van der Waals surface area contributed by atoms with E-state index in [-0.39, 0.29) is 43.5 Å². The van der Waals surface area contributed by atoms with Gasteiger partial charge >= 0.3 is 0 Å². The van der Waals surface area contributed by atoms with Crippen LogP contribution in [-0.4, -0.2) is 49.5 Å². The number of methoxy groups -OCH3 is 1. The van der Waals surface area contributed by atoms with E-state index in [1.165, 1.54) is 19.0 Å². The molecule has 1 aliphatic rings. The molecule has 2 heterocycles. The fourth-order valence-electron chi connectivity index (χ4n) is 4.38. The monoisotopic (exact) mass is 863 g/mol. The Bertz CT molecular complexity index is 1220. The molecular weight excluding hydrogens is 813 g/mol. The van der Waals surface area contributed by atoms with Crippen molar-refractivity contribution in [3.8, 4) is 18.7 Å². The van der Waals surface area contributed by atoms with Gasteiger partial charge in [-0.2, -0.15) is 11.6 Å². The number of piperidine rings is 1. The molecule has 246 valence electrons. The van der Waals surface area contributed by atoms with Crippen LogP contribution >= 0.6 is 11.6 Å². The molecule has 0 N–H and O–H groups in total. The number of likely N-dealkylation sites (tertiary alicyclic amines) is 1. The topological polar surface area (TPSA) is 51.7 Å². The smallest absolute Gasteiger partial charge is 0.213 e. The molecule has 2 aromatic rings. The van der Waals surface area contributed by atoms with Gasteiger partial charge in [-0.25, -0.2) is 9.37 Å². The number of allylic oxidation sites excluding steroid dienone is 5. The number of halogens is 2. The van der Waals surface area contributed by atoms with Crippen LogP contribution in [0.1, 0.15) is 84.4 Å². The fraction of sp³-hybridized carbons (Fsp3) is 0.459. The van der Waals surface area contributed by atoms with Crippen molar-refractivity contribution in [1.82, 2.24) is 9.88 Å². The van der Waals surface area contributed by atoms with Crippen LogP contribution in [0.25, 0.3) is 0 Å². The van der Waals surface area contributed by atoms with Crippen LogP contribution in [0, 0.1) is 49.8 Å². The summed E-state index contributed by atoms with van der Waals surface area (Å²) < 4.78 is 24.2. The van der Waals surface area contributed by atoms with Gasteiger partial charge in [-0.15, -0.1) is 24.0 Å². The number of terminal acetylenes is 1. The van der Waals surface area contributed by atoms with Gasteiger partial charge in [0.1, 0.15) is 12.4 Å². The van der Waals surface area contributed by atoms with E-state index in [4.69, 9.17) is 21.1 Å². The van der Waals surface area contributed by atoms with Crippen molar-refractivity contribution in [1.29, 1.82) is 0 Å². The first-order valence-corrected chi connectivity index (χ1v) is 15.5. The number of carbonyl (C=O) groups excluding carboxylic acids is 1. The van der Waals surface area contributed by atoms with Crippen LogP contribution in [0.3, 0.4) is 0 Å². The molecule has 0 amide bonds. The van der Waals surface area contributed by atoms with Gasteiger partial charge in [-0.05, 0) is 70.4 Å². The van der Waals surface area contributed by atoms with Crippen LogP contribution < -0.4 is 4.74 Å². The summed E-state index contributed by atoms with van der Waals surface area (Å²) in [5.74, 6) is 0.665. The summed E-state index contributed by atoms with van der Waals surface area (Å²) in [5.41, 5.74) is 5.18. The summed E-state index contributed by atoms with van der Waals surface area (Å²) >= 11 is 5.77. The Hall–Kier alpha value is -2.19. The van der Waals surface area contributed by atoms with Gasteiger partial charge in [-0.3, -0.25) is 0 Å². The van der Waals surface area contributed by atoms with Crippen LogP contribution in [0.4, 0.5) is 4.39 Å². The average molecular weight is 864 g/mol. The van der Waals surface area contributed by atoms with Gasteiger partial charge in [-0.1, -0.05) is 70.5 Å². The molecule has 0 bridgehead atoms. The number of rotatable bonds is 11. The Morgan fingerprint density at radius 2 is 1.78 bits per heavy atom. The fourth-order valence-corrected chi connectivity index (χ4v) is 4.53. The minimum Gasteiger partial charge on any atom is -0.473 e. The SMILES string of the molecule is C#C.C=C(C)/C(C)=C(C)\C([C-]=O)=C/C.CCCN1CCC(c2cccc(OCc3ccc(Cl)cc3F)n2)CC1.CCCOC.[U]. The number of benzene rings is 1. The predicted molar refractivity (Wildman–Crippen MR) is 183 cm³/mol. The minimum atomic E-state index is -0.355. The van der Waals surface area contributed by atoms with E-state index < -0.39 is 0 Å². The second-order valence-corrected chi connectivity index (χ2v) is 10.8. The zero-order chi connectivity index (χ0) is 33.5. The van der Waals surface area contributed by atoms with Crippen LogP contribution in [-0.2, 0) is 16.1 Å². The normalized spacial score (nSPS) is 13.6. The Balaban J connectivity index is 0. The van der Waals surface area contributed by atoms with E-state index in [0.717, 1.165) is 61.4 Å². The first kappa shape index (κ1) is 44.9. The summed E-state index contributed by atoms with van der Waals surface area (Å²) in [4.78, 5) is 17.6. The zero-order valence-electron chi connectivity index (χ0n) is 28.2. The summed E-state index contributed by atoms with van der Waals surface area (Å²) in [5, 5.41) is 0.385. The Labute approximate surface area is 301 Å². The van der Waals surface area contributed by atoms with Crippen LogP contribution in [0.15, 0.2) is 71.3 Å². The Kier molecular flexibility index (Phi) is 26.9. The molecule has 1 aliphatic heterocycles. The van der Waals surface area contributed by atoms with Gasteiger partial charge in [0.15, 0.2) is 0 Å². The number of ether oxygens (including phenoxy) is 2. The Morgan fingerprint density at radius 3 is 2.24 bits per heavy atom. The van der Waals surface area contributed by atoms with E-state index in [9.17, 15) is 9.18 Å². The van der Waals surface area contributed by atoms with Crippen molar-refractivity contribution in [3.63, 3.8) is 0 Å². The van der Waals surface area contributed by atoms with Crippen molar-refractivity contribution in [2.24, 2.45) is 0 Å². The second-order valence-electron chi connectivity index (χ2n) is 10.4. The van der Waals surface area contributed by atoms with Crippen molar-refractivity contribution in [3.05, 3.63) is 93.4 Å². The molecule has 0 saturated carbocycles. The molecule has 0 radical (unpaired) electrons. The van der Waals surface area contributed by atoms with Crippen molar-refractivity contribution in [2.75, 3.05) is 33.4 Å². The zero-order valence-corrected chi connectivity index (χ0v) is 33.1. The van der Waals surface area contributed by atoms with E-state index in [2.05, 4.69) is 49.2 Å². The number of nitrogens with zero attached hydrogens (tertiary/aromatic N) is 2. The minimum absolute atomic E-state index is 0. The van der Waals surface area contributed by atoms with Gasteiger partial charge < -0.3 is 19.2 Å². The van der Waals surface area contributed by atoms with E-state index in [1.807, 2.05) is 46.1 Å². The molecule has 0 spiro atoms. The number of hydrogen-bond donors (Lipinski definition) is 0. The molecule has 45 heavy (non-hydrogen) atoms. The van der Waals surface area contributed by atoms with E-state index in [1.54, 1.807) is 25.3 Å². The molecule has 8 heteroatoms. The number of aromatic nitrogens is 1. The molecule has 1 fully saturated rings. The molecule has 1 aromatic heterocycles. The molecule has 3 rings (SSSR count). The summed E-state index contributed by atoms with van der Waals surface area (Å²) in [6.07, 6.45) is 16.2. The third-order valence-electron chi connectivity index (χ3n) is 7.09. The molecule has 5 nitrogen and oxygen atoms in total. The molecular formula is C37H51ClFN2O3U-. The first-order chi connectivity index (χ1) is 21.1. The summed E-state index contributed by atoms with van der Waals surface area (Å²) in [6.45, 7) is 20.2. The van der Waals surface area contributed by atoms with Crippen LogP contribution in [0.2, 0.25) is 5.02 Å². The quantitative estimate of drug-likeness (QED) is 0.0977. The van der Waals surface area contributed by atoms with E-state index in [0.29, 0.717) is 28.0 Å². The largest absolute Gasteiger partial charge is 0.473 e. The molecule has 0 aliphatic carbocycles. The standard InChI is InChI=1S/C20H24ClFN2O.C11H15O.C4H10O.C2H2.U/c1-2-10-24-11-8-15(9-12-24)19-4-3-5-20(23-19)25-14-16-6-7-17(21)13-18(16)22;1-6-11(7-12)10(5)9(4)8(2)3;1-3-4-5-2;1-2;/h3-7,13,15H,2,8-12,14H2,1H3;6H,2H2,1,3-5H3;3-4H2,1-2H3;1-2H;/q;-1;;;/b;10-9-,11-6-;;;. The van der Waals surface area contributed by atoms with Crippen molar-refractivity contribution >= 4 is 17.9 Å².